The first-order valence-corrected chi connectivity index (χ1v) is 8.43. The number of pyridine rings is 1. The van der Waals surface area contributed by atoms with Gasteiger partial charge < -0.3 is 4.90 Å². The lowest BCUT2D eigenvalue weighted by atomic mass is 9.94. The Morgan fingerprint density at radius 2 is 2.00 bits per heavy atom. The van der Waals surface area contributed by atoms with E-state index in [-0.39, 0.29) is 16.4 Å². The van der Waals surface area contributed by atoms with Gasteiger partial charge >= 0.3 is 0 Å². The first-order chi connectivity index (χ1) is 10.9. The molecule has 0 atom stereocenters. The summed E-state index contributed by atoms with van der Waals surface area (Å²) in [6.45, 7) is 0.823. The van der Waals surface area contributed by atoms with E-state index in [4.69, 9.17) is 5.14 Å². The zero-order chi connectivity index (χ0) is 16.6. The molecular formula is C15H14FN3O3S. The molecule has 1 aliphatic rings. The number of likely N-dealkylation sites (tertiary alicyclic amines) is 1. The number of rotatable bonds is 3. The second-order valence-corrected chi connectivity index (χ2v) is 6.91. The van der Waals surface area contributed by atoms with Crippen LogP contribution in [0.3, 0.4) is 0 Å². The number of carbonyl (C=O) groups is 1. The van der Waals surface area contributed by atoms with E-state index in [1.807, 2.05) is 12.1 Å². The van der Waals surface area contributed by atoms with Gasteiger partial charge in [0.15, 0.2) is 0 Å². The first-order valence-electron chi connectivity index (χ1n) is 6.89. The Balaban J connectivity index is 1.78. The maximum atomic E-state index is 13.9. The summed E-state index contributed by atoms with van der Waals surface area (Å²) >= 11 is 0. The van der Waals surface area contributed by atoms with E-state index in [1.54, 1.807) is 12.3 Å². The average Bonchev–Trinajstić information content (AvgIpc) is 2.46. The van der Waals surface area contributed by atoms with Gasteiger partial charge in [0.1, 0.15) is 5.82 Å². The van der Waals surface area contributed by atoms with Crippen molar-refractivity contribution >= 4 is 15.9 Å². The summed E-state index contributed by atoms with van der Waals surface area (Å²) in [6.07, 6.45) is 1.68. The van der Waals surface area contributed by atoms with Gasteiger partial charge in [-0.25, -0.2) is 17.9 Å². The Bertz CT molecular complexity index is 850. The molecule has 0 bridgehead atoms. The molecule has 1 aromatic heterocycles. The van der Waals surface area contributed by atoms with Crippen molar-refractivity contribution in [3.05, 3.63) is 59.7 Å². The zero-order valence-electron chi connectivity index (χ0n) is 12.0. The standard InChI is InChI=1S/C15H14FN3O3S/c16-13-5-4-11(23(17,21)22)7-12(13)15(20)19-8-10(9-19)14-3-1-2-6-18-14/h1-7,10H,8-9H2,(H2,17,21,22). The normalized spacial score (nSPS) is 15.3. The molecule has 0 unspecified atom stereocenters. The largest absolute Gasteiger partial charge is 0.337 e. The van der Waals surface area contributed by atoms with E-state index in [0.29, 0.717) is 13.1 Å². The summed E-state index contributed by atoms with van der Waals surface area (Å²) in [5, 5.41) is 5.01. The van der Waals surface area contributed by atoms with E-state index < -0.39 is 21.7 Å². The molecule has 1 aromatic carbocycles. The summed E-state index contributed by atoms with van der Waals surface area (Å²) < 4.78 is 36.5. The second kappa shape index (κ2) is 5.71. The third kappa shape index (κ3) is 3.08. The molecule has 6 nitrogen and oxygen atoms in total. The molecule has 2 heterocycles. The lowest BCUT2D eigenvalue weighted by molar-refractivity contribution is 0.0593. The second-order valence-electron chi connectivity index (χ2n) is 5.35. The summed E-state index contributed by atoms with van der Waals surface area (Å²) in [6, 6.07) is 8.48. The Labute approximate surface area is 132 Å². The van der Waals surface area contributed by atoms with Gasteiger partial charge in [-0.05, 0) is 30.3 Å². The number of nitrogens with two attached hydrogens (primary N) is 1. The lowest BCUT2D eigenvalue weighted by Gasteiger charge is -2.39. The molecule has 23 heavy (non-hydrogen) atoms. The number of hydrogen-bond acceptors (Lipinski definition) is 4. The number of nitrogens with zero attached hydrogens (tertiary/aromatic N) is 2. The fraction of sp³-hybridized carbons (Fsp3) is 0.200. The predicted molar refractivity (Wildman–Crippen MR) is 80.7 cm³/mol. The van der Waals surface area contributed by atoms with Crippen LogP contribution < -0.4 is 5.14 Å². The molecule has 2 N–H and O–H groups in total. The van der Waals surface area contributed by atoms with Gasteiger partial charge in [0, 0.05) is 30.9 Å². The summed E-state index contributed by atoms with van der Waals surface area (Å²) in [5.41, 5.74) is 0.575. The van der Waals surface area contributed by atoms with Gasteiger partial charge in [-0.2, -0.15) is 0 Å². The quantitative estimate of drug-likeness (QED) is 0.909. The maximum absolute atomic E-state index is 13.9. The number of primary sulfonamides is 1. The van der Waals surface area contributed by atoms with Gasteiger partial charge in [-0.15, -0.1) is 0 Å². The number of sulfonamides is 1. The molecule has 0 aliphatic carbocycles. The SMILES string of the molecule is NS(=O)(=O)c1ccc(F)c(C(=O)N2CC(c3ccccn3)C2)c1. The van der Waals surface area contributed by atoms with E-state index in [9.17, 15) is 17.6 Å². The van der Waals surface area contributed by atoms with Crippen LogP contribution in [0.15, 0.2) is 47.5 Å². The fourth-order valence-corrected chi connectivity index (χ4v) is 3.00. The maximum Gasteiger partial charge on any atom is 0.256 e. The van der Waals surface area contributed by atoms with Gasteiger partial charge in [-0.1, -0.05) is 6.07 Å². The van der Waals surface area contributed by atoms with Crippen molar-refractivity contribution in [2.75, 3.05) is 13.1 Å². The number of halogens is 1. The van der Waals surface area contributed by atoms with Crippen molar-refractivity contribution in [2.45, 2.75) is 10.8 Å². The molecule has 8 heteroatoms. The molecule has 0 spiro atoms. The Kier molecular flexibility index (Phi) is 3.87. The fourth-order valence-electron chi connectivity index (χ4n) is 2.46. The number of benzene rings is 1. The molecule has 120 valence electrons. The average molecular weight is 335 g/mol. The lowest BCUT2D eigenvalue weighted by Crippen LogP contribution is -2.49. The number of aromatic nitrogens is 1. The minimum atomic E-state index is -3.99. The number of hydrogen-bond donors (Lipinski definition) is 1. The van der Waals surface area contributed by atoms with E-state index in [2.05, 4.69) is 4.98 Å². The highest BCUT2D eigenvalue weighted by Gasteiger charge is 2.34. The topological polar surface area (TPSA) is 93.4 Å². The monoisotopic (exact) mass is 335 g/mol. The molecule has 1 amide bonds. The van der Waals surface area contributed by atoms with Crippen LogP contribution in [0.2, 0.25) is 0 Å². The van der Waals surface area contributed by atoms with Crippen molar-refractivity contribution < 1.29 is 17.6 Å². The Morgan fingerprint density at radius 3 is 2.61 bits per heavy atom. The third-order valence-corrected chi connectivity index (χ3v) is 4.68. The van der Waals surface area contributed by atoms with Gasteiger partial charge in [0.05, 0.1) is 10.5 Å². The minimum absolute atomic E-state index is 0.102. The van der Waals surface area contributed by atoms with Crippen molar-refractivity contribution in [3.8, 4) is 0 Å². The molecule has 3 rings (SSSR count). The van der Waals surface area contributed by atoms with Crippen LogP contribution in [-0.2, 0) is 10.0 Å². The van der Waals surface area contributed by atoms with E-state index in [0.717, 1.165) is 23.9 Å². The highest BCUT2D eigenvalue weighted by molar-refractivity contribution is 7.89. The van der Waals surface area contributed by atoms with Crippen LogP contribution in [0.4, 0.5) is 4.39 Å². The van der Waals surface area contributed by atoms with Crippen LogP contribution in [0.5, 0.6) is 0 Å². The molecule has 2 aromatic rings. The van der Waals surface area contributed by atoms with Crippen LogP contribution >= 0.6 is 0 Å². The van der Waals surface area contributed by atoms with Crippen molar-refractivity contribution in [3.63, 3.8) is 0 Å². The summed E-state index contributed by atoms with van der Waals surface area (Å²) in [5.74, 6) is -1.23. The van der Waals surface area contributed by atoms with Gasteiger partial charge in [0.2, 0.25) is 10.0 Å². The molecular weight excluding hydrogens is 321 g/mol. The minimum Gasteiger partial charge on any atom is -0.337 e. The predicted octanol–water partition coefficient (Wildman–Crippen LogP) is 1.11. The van der Waals surface area contributed by atoms with E-state index >= 15 is 0 Å². The van der Waals surface area contributed by atoms with Crippen molar-refractivity contribution in [2.24, 2.45) is 5.14 Å². The van der Waals surface area contributed by atoms with Crippen LogP contribution in [-0.4, -0.2) is 37.3 Å². The Hall–Kier alpha value is -2.32. The molecule has 1 aliphatic heterocycles. The number of carbonyl (C=O) groups excluding carboxylic acids is 1. The van der Waals surface area contributed by atoms with Gasteiger partial charge in [0.25, 0.3) is 5.91 Å². The highest BCUT2D eigenvalue weighted by atomic mass is 32.2. The zero-order valence-corrected chi connectivity index (χ0v) is 12.8. The van der Waals surface area contributed by atoms with Crippen molar-refractivity contribution in [1.29, 1.82) is 0 Å². The van der Waals surface area contributed by atoms with Crippen molar-refractivity contribution in [1.82, 2.24) is 9.88 Å². The molecule has 0 saturated carbocycles. The highest BCUT2D eigenvalue weighted by Crippen LogP contribution is 2.27. The van der Waals surface area contributed by atoms with E-state index in [1.165, 1.54) is 4.90 Å². The van der Waals surface area contributed by atoms with Crippen LogP contribution in [0.25, 0.3) is 0 Å². The smallest absolute Gasteiger partial charge is 0.256 e. The first kappa shape index (κ1) is 15.6. The third-order valence-electron chi connectivity index (χ3n) is 3.77. The van der Waals surface area contributed by atoms with Crippen LogP contribution in [0, 0.1) is 5.82 Å². The molecule has 1 saturated heterocycles. The van der Waals surface area contributed by atoms with Gasteiger partial charge in [-0.3, -0.25) is 9.78 Å². The Morgan fingerprint density at radius 1 is 1.26 bits per heavy atom. The van der Waals surface area contributed by atoms with Crippen LogP contribution in [0.1, 0.15) is 22.0 Å². The molecule has 0 radical (unpaired) electrons. The number of amides is 1. The summed E-state index contributed by atoms with van der Waals surface area (Å²) in [7, 11) is -3.99. The summed E-state index contributed by atoms with van der Waals surface area (Å²) in [4.78, 5) is 17.7. The molecule has 1 fully saturated rings.